The Morgan fingerprint density at radius 3 is 2.07 bits per heavy atom. The highest BCUT2D eigenvalue weighted by molar-refractivity contribution is 4.79. The van der Waals surface area contributed by atoms with Crippen LogP contribution in [-0.4, -0.2) is 31.7 Å². The van der Waals surface area contributed by atoms with Gasteiger partial charge < -0.3 is 4.48 Å². The lowest BCUT2D eigenvalue weighted by atomic mass is 9.79. The highest BCUT2D eigenvalue weighted by Gasteiger charge is 2.40. The standard InChI is InChI=1S/C14H30N/c1-7-8-12-10-15(5,6)11-13(12)9-14(2,3)4/h12-13H,7-11H2,1-6H3/q+1. The zero-order valence-electron chi connectivity index (χ0n) is 11.6. The zero-order chi connectivity index (χ0) is 11.7. The van der Waals surface area contributed by atoms with Gasteiger partial charge in [0.1, 0.15) is 0 Å². The van der Waals surface area contributed by atoms with E-state index in [-0.39, 0.29) is 0 Å². The fraction of sp³-hybridized carbons (Fsp3) is 1.00. The average Bonchev–Trinajstić information content (AvgIpc) is 2.23. The third-order valence-corrected chi connectivity index (χ3v) is 3.66. The Balaban J connectivity index is 2.61. The van der Waals surface area contributed by atoms with E-state index < -0.39 is 0 Å². The Kier molecular flexibility index (Phi) is 3.86. The normalized spacial score (nSPS) is 30.8. The molecule has 0 aliphatic carbocycles. The molecule has 0 amide bonds. The molecule has 2 unspecified atom stereocenters. The molecule has 1 heteroatoms. The van der Waals surface area contributed by atoms with Crippen molar-refractivity contribution < 1.29 is 4.48 Å². The lowest BCUT2D eigenvalue weighted by Gasteiger charge is -2.26. The number of nitrogens with zero attached hydrogens (tertiary/aromatic N) is 1. The smallest absolute Gasteiger partial charge is 0.0816 e. The number of hydrogen-bond acceptors (Lipinski definition) is 0. The number of likely N-dealkylation sites (tertiary alicyclic amines) is 1. The Hall–Kier alpha value is -0.0400. The fourth-order valence-electron chi connectivity index (χ4n) is 3.36. The third-order valence-electron chi connectivity index (χ3n) is 3.66. The molecule has 15 heavy (non-hydrogen) atoms. The van der Waals surface area contributed by atoms with Crippen LogP contribution in [0.3, 0.4) is 0 Å². The first-order valence-corrected chi connectivity index (χ1v) is 6.55. The van der Waals surface area contributed by atoms with E-state index in [1.165, 1.54) is 36.8 Å². The van der Waals surface area contributed by atoms with Gasteiger partial charge in [-0.05, 0) is 18.3 Å². The van der Waals surface area contributed by atoms with Crippen molar-refractivity contribution in [2.75, 3.05) is 27.2 Å². The van der Waals surface area contributed by atoms with Crippen molar-refractivity contribution in [2.45, 2.75) is 47.0 Å². The molecule has 1 aliphatic rings. The summed E-state index contributed by atoms with van der Waals surface area (Å²) in [5.41, 5.74) is 0.501. The van der Waals surface area contributed by atoms with Gasteiger partial charge in [0.2, 0.25) is 0 Å². The summed E-state index contributed by atoms with van der Waals surface area (Å²) in [7, 11) is 4.79. The monoisotopic (exact) mass is 212 g/mol. The van der Waals surface area contributed by atoms with Crippen LogP contribution >= 0.6 is 0 Å². The predicted molar refractivity (Wildman–Crippen MR) is 67.8 cm³/mol. The largest absolute Gasteiger partial charge is 0.328 e. The molecule has 0 saturated carbocycles. The van der Waals surface area contributed by atoms with Crippen LogP contribution in [-0.2, 0) is 0 Å². The second-order valence-electron chi connectivity index (χ2n) is 7.37. The molecular formula is C14H30N+. The van der Waals surface area contributed by atoms with Gasteiger partial charge >= 0.3 is 0 Å². The van der Waals surface area contributed by atoms with Crippen molar-refractivity contribution in [2.24, 2.45) is 17.3 Å². The van der Waals surface area contributed by atoms with Crippen molar-refractivity contribution in [1.82, 2.24) is 0 Å². The molecule has 1 aliphatic heterocycles. The van der Waals surface area contributed by atoms with Gasteiger partial charge in [0, 0.05) is 11.8 Å². The van der Waals surface area contributed by atoms with Gasteiger partial charge in [0.05, 0.1) is 27.2 Å². The summed E-state index contributed by atoms with van der Waals surface area (Å²) in [6, 6.07) is 0. The lowest BCUT2D eigenvalue weighted by molar-refractivity contribution is -0.880. The Labute approximate surface area is 96.4 Å². The average molecular weight is 212 g/mol. The van der Waals surface area contributed by atoms with E-state index in [4.69, 9.17) is 0 Å². The van der Waals surface area contributed by atoms with Crippen molar-refractivity contribution in [3.8, 4) is 0 Å². The highest BCUT2D eigenvalue weighted by atomic mass is 15.3. The molecule has 1 rings (SSSR count). The van der Waals surface area contributed by atoms with Crippen LogP contribution in [0.25, 0.3) is 0 Å². The van der Waals surface area contributed by atoms with Gasteiger partial charge in [0.25, 0.3) is 0 Å². The molecule has 0 aromatic rings. The molecule has 1 heterocycles. The van der Waals surface area contributed by atoms with Gasteiger partial charge in [-0.15, -0.1) is 0 Å². The van der Waals surface area contributed by atoms with E-state index in [2.05, 4.69) is 41.8 Å². The van der Waals surface area contributed by atoms with E-state index in [1.807, 2.05) is 0 Å². The van der Waals surface area contributed by atoms with Crippen LogP contribution in [0.15, 0.2) is 0 Å². The number of quaternary nitrogens is 1. The van der Waals surface area contributed by atoms with Crippen molar-refractivity contribution >= 4 is 0 Å². The maximum atomic E-state index is 2.39. The minimum Gasteiger partial charge on any atom is -0.328 e. The molecule has 1 nitrogen and oxygen atoms in total. The van der Waals surface area contributed by atoms with E-state index in [0.29, 0.717) is 5.41 Å². The van der Waals surface area contributed by atoms with E-state index >= 15 is 0 Å². The topological polar surface area (TPSA) is 0 Å². The summed E-state index contributed by atoms with van der Waals surface area (Å²) >= 11 is 0. The second-order valence-corrected chi connectivity index (χ2v) is 7.37. The molecule has 0 spiro atoms. The van der Waals surface area contributed by atoms with Crippen LogP contribution in [0, 0.1) is 17.3 Å². The summed E-state index contributed by atoms with van der Waals surface area (Å²) in [6.45, 7) is 12.3. The molecule has 0 aromatic carbocycles. The number of hydrogen-bond donors (Lipinski definition) is 0. The number of rotatable bonds is 3. The summed E-state index contributed by atoms with van der Waals surface area (Å²) in [4.78, 5) is 0. The van der Waals surface area contributed by atoms with Gasteiger partial charge in [-0.3, -0.25) is 0 Å². The molecule has 90 valence electrons. The first kappa shape index (κ1) is 13.0. The summed E-state index contributed by atoms with van der Waals surface area (Å²) in [6.07, 6.45) is 4.19. The zero-order valence-corrected chi connectivity index (χ0v) is 11.6. The first-order chi connectivity index (χ1) is 6.73. The summed E-state index contributed by atoms with van der Waals surface area (Å²) in [5, 5.41) is 0. The van der Waals surface area contributed by atoms with Crippen molar-refractivity contribution in [3.63, 3.8) is 0 Å². The van der Waals surface area contributed by atoms with Crippen LogP contribution in [0.4, 0.5) is 0 Å². The first-order valence-electron chi connectivity index (χ1n) is 6.55. The molecule has 2 atom stereocenters. The molecule has 1 fully saturated rings. The molecule has 0 bridgehead atoms. The maximum Gasteiger partial charge on any atom is 0.0816 e. The minimum absolute atomic E-state index is 0.501. The summed E-state index contributed by atoms with van der Waals surface area (Å²) < 4.78 is 1.24. The molecule has 1 saturated heterocycles. The van der Waals surface area contributed by atoms with Gasteiger partial charge in [-0.25, -0.2) is 0 Å². The maximum absolute atomic E-state index is 2.39. The molecule has 0 aromatic heterocycles. The predicted octanol–water partition coefficient (Wildman–Crippen LogP) is 3.55. The van der Waals surface area contributed by atoms with Gasteiger partial charge in [-0.1, -0.05) is 34.1 Å². The van der Waals surface area contributed by atoms with Gasteiger partial charge in [-0.2, -0.15) is 0 Å². The van der Waals surface area contributed by atoms with Gasteiger partial charge in [0.15, 0.2) is 0 Å². The highest BCUT2D eigenvalue weighted by Crippen LogP contribution is 2.37. The van der Waals surface area contributed by atoms with Crippen LogP contribution in [0.2, 0.25) is 0 Å². The van der Waals surface area contributed by atoms with Crippen molar-refractivity contribution in [1.29, 1.82) is 0 Å². The minimum atomic E-state index is 0.501. The summed E-state index contributed by atoms with van der Waals surface area (Å²) in [5.74, 6) is 1.93. The lowest BCUT2D eigenvalue weighted by Crippen LogP contribution is -2.37. The Morgan fingerprint density at radius 2 is 1.60 bits per heavy atom. The van der Waals surface area contributed by atoms with Crippen LogP contribution < -0.4 is 0 Å². The van der Waals surface area contributed by atoms with Crippen LogP contribution in [0.5, 0.6) is 0 Å². The molecular weight excluding hydrogens is 182 g/mol. The quantitative estimate of drug-likeness (QED) is 0.628. The van der Waals surface area contributed by atoms with E-state index in [1.54, 1.807) is 0 Å². The van der Waals surface area contributed by atoms with Crippen molar-refractivity contribution in [3.05, 3.63) is 0 Å². The Morgan fingerprint density at radius 1 is 1.07 bits per heavy atom. The fourth-order valence-corrected chi connectivity index (χ4v) is 3.36. The third kappa shape index (κ3) is 4.14. The van der Waals surface area contributed by atoms with Crippen LogP contribution in [0.1, 0.15) is 47.0 Å². The SMILES string of the molecule is CCCC1C[N+](C)(C)CC1CC(C)(C)C. The van der Waals surface area contributed by atoms with E-state index in [0.717, 1.165) is 11.8 Å². The molecule has 0 N–H and O–H groups in total. The second kappa shape index (κ2) is 4.45. The Bertz CT molecular complexity index is 200. The van der Waals surface area contributed by atoms with E-state index in [9.17, 15) is 0 Å². The molecule has 0 radical (unpaired) electrons.